The Bertz CT molecular complexity index is 543. The molecule has 0 aliphatic rings. The van der Waals surface area contributed by atoms with Crippen LogP contribution in [-0.2, 0) is 4.79 Å². The average molecular weight is 258 g/mol. The Labute approximate surface area is 111 Å². The highest BCUT2D eigenvalue weighted by molar-refractivity contribution is 5.69. The van der Waals surface area contributed by atoms with Gasteiger partial charge in [-0.05, 0) is 48.5 Å². The molecule has 0 atom stereocenters. The zero-order valence-electron chi connectivity index (χ0n) is 10.8. The largest absolute Gasteiger partial charge is 0.497 e. The highest BCUT2D eigenvalue weighted by atomic mass is 16.5. The smallest absolute Gasteiger partial charge is 0.308 e. The van der Waals surface area contributed by atoms with E-state index in [4.69, 9.17) is 14.2 Å². The van der Waals surface area contributed by atoms with Crippen molar-refractivity contribution in [2.24, 2.45) is 0 Å². The first-order chi connectivity index (χ1) is 9.17. The van der Waals surface area contributed by atoms with Crippen LogP contribution in [0.15, 0.2) is 48.5 Å². The second-order valence-corrected chi connectivity index (χ2v) is 3.84. The van der Waals surface area contributed by atoms with Gasteiger partial charge in [0.25, 0.3) is 0 Å². The van der Waals surface area contributed by atoms with E-state index in [9.17, 15) is 4.79 Å². The zero-order chi connectivity index (χ0) is 13.7. The fraction of sp³-hybridized carbons (Fsp3) is 0.133. The van der Waals surface area contributed by atoms with Crippen LogP contribution in [-0.4, -0.2) is 13.1 Å². The number of carbonyl (C=O) groups excluding carboxylic acids is 1. The summed E-state index contributed by atoms with van der Waals surface area (Å²) in [4.78, 5) is 10.8. The third-order valence-electron chi connectivity index (χ3n) is 2.38. The van der Waals surface area contributed by atoms with E-state index in [0.717, 1.165) is 5.75 Å². The molecule has 2 aromatic rings. The van der Waals surface area contributed by atoms with Crippen molar-refractivity contribution in [1.29, 1.82) is 0 Å². The molecule has 0 saturated heterocycles. The van der Waals surface area contributed by atoms with Crippen molar-refractivity contribution in [2.75, 3.05) is 7.11 Å². The molecule has 0 fully saturated rings. The molecule has 0 radical (unpaired) electrons. The number of hydrogen-bond acceptors (Lipinski definition) is 4. The summed E-state index contributed by atoms with van der Waals surface area (Å²) in [6, 6.07) is 14.1. The molecule has 0 heterocycles. The first-order valence-corrected chi connectivity index (χ1v) is 5.78. The van der Waals surface area contributed by atoms with E-state index in [1.165, 1.54) is 6.92 Å². The van der Waals surface area contributed by atoms with Gasteiger partial charge in [0.15, 0.2) is 0 Å². The van der Waals surface area contributed by atoms with E-state index < -0.39 is 0 Å². The summed E-state index contributed by atoms with van der Waals surface area (Å²) in [6.45, 7) is 1.36. The number of esters is 1. The molecule has 0 unspecified atom stereocenters. The number of carbonyl (C=O) groups is 1. The molecule has 2 aromatic carbocycles. The van der Waals surface area contributed by atoms with Crippen molar-refractivity contribution in [3.63, 3.8) is 0 Å². The van der Waals surface area contributed by atoms with Crippen LogP contribution in [0.4, 0.5) is 0 Å². The normalized spacial score (nSPS) is 9.79. The van der Waals surface area contributed by atoms with Crippen LogP contribution in [0.3, 0.4) is 0 Å². The quantitative estimate of drug-likeness (QED) is 0.622. The van der Waals surface area contributed by atoms with Gasteiger partial charge >= 0.3 is 5.97 Å². The molecule has 4 heteroatoms. The Morgan fingerprint density at radius 1 is 0.789 bits per heavy atom. The fourth-order valence-electron chi connectivity index (χ4n) is 1.52. The Morgan fingerprint density at radius 3 is 1.63 bits per heavy atom. The maximum atomic E-state index is 10.8. The van der Waals surface area contributed by atoms with Crippen LogP contribution in [0.2, 0.25) is 0 Å². The van der Waals surface area contributed by atoms with E-state index in [-0.39, 0.29) is 5.97 Å². The van der Waals surface area contributed by atoms with Gasteiger partial charge in [-0.15, -0.1) is 0 Å². The second-order valence-electron chi connectivity index (χ2n) is 3.84. The molecule has 98 valence electrons. The van der Waals surface area contributed by atoms with Gasteiger partial charge in [0, 0.05) is 6.92 Å². The van der Waals surface area contributed by atoms with Crippen LogP contribution in [0.5, 0.6) is 23.0 Å². The van der Waals surface area contributed by atoms with Crippen LogP contribution < -0.4 is 14.2 Å². The lowest BCUT2D eigenvalue weighted by atomic mass is 10.3. The maximum Gasteiger partial charge on any atom is 0.308 e. The van der Waals surface area contributed by atoms with Gasteiger partial charge in [0.05, 0.1) is 7.11 Å². The predicted molar refractivity (Wildman–Crippen MR) is 70.8 cm³/mol. The summed E-state index contributed by atoms with van der Waals surface area (Å²) in [7, 11) is 1.61. The summed E-state index contributed by atoms with van der Waals surface area (Å²) in [5.41, 5.74) is 0. The molecule has 2 rings (SSSR count). The zero-order valence-corrected chi connectivity index (χ0v) is 10.8. The summed E-state index contributed by atoms with van der Waals surface area (Å²) in [6.07, 6.45) is 0. The van der Waals surface area contributed by atoms with Gasteiger partial charge in [-0.1, -0.05) is 0 Å². The van der Waals surface area contributed by atoms with E-state index >= 15 is 0 Å². The van der Waals surface area contributed by atoms with Crippen molar-refractivity contribution in [3.05, 3.63) is 48.5 Å². The molecule has 0 aliphatic heterocycles. The highest BCUT2D eigenvalue weighted by Gasteiger charge is 2.01. The summed E-state index contributed by atoms with van der Waals surface area (Å²) >= 11 is 0. The van der Waals surface area contributed by atoms with Gasteiger partial charge in [-0.2, -0.15) is 0 Å². The van der Waals surface area contributed by atoms with Gasteiger partial charge in [-0.25, -0.2) is 0 Å². The van der Waals surface area contributed by atoms with Gasteiger partial charge in [-0.3, -0.25) is 4.79 Å². The third kappa shape index (κ3) is 3.74. The maximum absolute atomic E-state index is 10.8. The monoisotopic (exact) mass is 258 g/mol. The molecule has 4 nitrogen and oxygen atoms in total. The second kappa shape index (κ2) is 5.91. The molecule has 0 aliphatic carbocycles. The number of benzene rings is 2. The lowest BCUT2D eigenvalue weighted by molar-refractivity contribution is -0.131. The molecule has 19 heavy (non-hydrogen) atoms. The van der Waals surface area contributed by atoms with Crippen LogP contribution in [0.1, 0.15) is 6.92 Å². The summed E-state index contributed by atoms with van der Waals surface area (Å²) in [5.74, 6) is 2.30. The number of methoxy groups -OCH3 is 1. The lowest BCUT2D eigenvalue weighted by Crippen LogP contribution is -2.00. The SMILES string of the molecule is COc1ccc(Oc2ccc(OC(C)=O)cc2)cc1. The number of rotatable bonds is 4. The van der Waals surface area contributed by atoms with Gasteiger partial charge in [0.2, 0.25) is 0 Å². The molecule has 0 aromatic heterocycles. The predicted octanol–water partition coefficient (Wildman–Crippen LogP) is 3.41. The van der Waals surface area contributed by atoms with E-state index in [0.29, 0.717) is 17.2 Å². The number of ether oxygens (including phenoxy) is 3. The Balaban J connectivity index is 2.04. The summed E-state index contributed by atoms with van der Waals surface area (Å²) < 4.78 is 15.6. The number of hydrogen-bond donors (Lipinski definition) is 0. The van der Waals surface area contributed by atoms with Crippen molar-refractivity contribution in [1.82, 2.24) is 0 Å². The minimum Gasteiger partial charge on any atom is -0.497 e. The van der Waals surface area contributed by atoms with Crippen LogP contribution in [0.25, 0.3) is 0 Å². The van der Waals surface area contributed by atoms with Crippen LogP contribution in [0, 0.1) is 0 Å². The summed E-state index contributed by atoms with van der Waals surface area (Å²) in [5, 5.41) is 0. The lowest BCUT2D eigenvalue weighted by Gasteiger charge is -2.07. The fourth-order valence-corrected chi connectivity index (χ4v) is 1.52. The van der Waals surface area contributed by atoms with Gasteiger partial charge < -0.3 is 14.2 Å². The Morgan fingerprint density at radius 2 is 1.21 bits per heavy atom. The molecular weight excluding hydrogens is 244 g/mol. The van der Waals surface area contributed by atoms with E-state index in [1.54, 1.807) is 31.4 Å². The highest BCUT2D eigenvalue weighted by Crippen LogP contribution is 2.25. The first kappa shape index (κ1) is 13.0. The average Bonchev–Trinajstić information content (AvgIpc) is 2.41. The van der Waals surface area contributed by atoms with Crippen molar-refractivity contribution in [2.45, 2.75) is 6.92 Å². The van der Waals surface area contributed by atoms with Crippen molar-refractivity contribution < 1.29 is 19.0 Å². The van der Waals surface area contributed by atoms with E-state index in [2.05, 4.69) is 0 Å². The van der Waals surface area contributed by atoms with Crippen molar-refractivity contribution in [3.8, 4) is 23.0 Å². The minimum atomic E-state index is -0.344. The van der Waals surface area contributed by atoms with Crippen molar-refractivity contribution >= 4 is 5.97 Å². The molecule has 0 bridgehead atoms. The molecule has 0 N–H and O–H groups in total. The Hall–Kier alpha value is -2.49. The third-order valence-corrected chi connectivity index (χ3v) is 2.38. The van der Waals surface area contributed by atoms with Gasteiger partial charge in [0.1, 0.15) is 23.0 Å². The Kier molecular flexibility index (Phi) is 4.03. The molecular formula is C15H14O4. The topological polar surface area (TPSA) is 44.8 Å². The first-order valence-electron chi connectivity index (χ1n) is 5.78. The van der Waals surface area contributed by atoms with E-state index in [1.807, 2.05) is 24.3 Å². The van der Waals surface area contributed by atoms with Crippen LogP contribution >= 0.6 is 0 Å². The minimum absolute atomic E-state index is 0.344. The standard InChI is InChI=1S/C15H14O4/c1-11(16)18-13-7-9-15(10-8-13)19-14-5-3-12(17-2)4-6-14/h3-10H,1-2H3. The molecule has 0 spiro atoms. The molecule has 0 saturated carbocycles. The molecule has 0 amide bonds.